The molecule has 1 saturated heterocycles. The number of rotatable bonds is 2. The second-order valence-electron chi connectivity index (χ2n) is 7.01. The van der Waals surface area contributed by atoms with Gasteiger partial charge < -0.3 is 10.0 Å². The van der Waals surface area contributed by atoms with Gasteiger partial charge in [-0.05, 0) is 51.2 Å². The smallest absolute Gasteiger partial charge is 0.254 e. The fourth-order valence-electron chi connectivity index (χ4n) is 3.98. The number of benzene rings is 1. The van der Waals surface area contributed by atoms with Crippen LogP contribution in [0, 0.1) is 6.92 Å². The maximum absolute atomic E-state index is 13.0. The van der Waals surface area contributed by atoms with Crippen molar-refractivity contribution < 1.29 is 9.90 Å². The van der Waals surface area contributed by atoms with Crippen LogP contribution in [-0.2, 0) is 0 Å². The van der Waals surface area contributed by atoms with E-state index < -0.39 is 0 Å². The number of hydrogen-bond donors (Lipinski definition) is 1. The third-order valence-corrected chi connectivity index (χ3v) is 6.22. The molecule has 2 fully saturated rings. The van der Waals surface area contributed by atoms with Crippen molar-refractivity contribution in [2.24, 2.45) is 0 Å². The number of aryl methyl sites for hydroxylation is 1. The molecule has 24 heavy (non-hydrogen) atoms. The van der Waals surface area contributed by atoms with Crippen molar-refractivity contribution in [3.8, 4) is 11.3 Å². The van der Waals surface area contributed by atoms with Crippen molar-refractivity contribution in [1.82, 2.24) is 9.88 Å². The number of aliphatic hydroxyl groups excluding tert-OH is 1. The molecule has 4 nitrogen and oxygen atoms in total. The highest BCUT2D eigenvalue weighted by atomic mass is 32.1. The maximum atomic E-state index is 13.0. The Labute approximate surface area is 146 Å². The molecular weight excluding hydrogens is 320 g/mol. The van der Waals surface area contributed by atoms with E-state index in [-0.39, 0.29) is 17.6 Å². The van der Waals surface area contributed by atoms with E-state index in [1.165, 1.54) is 0 Å². The van der Waals surface area contributed by atoms with Gasteiger partial charge in [0, 0.05) is 28.6 Å². The molecule has 1 saturated carbocycles. The molecule has 126 valence electrons. The average molecular weight is 342 g/mol. The number of likely N-dealkylation sites (tertiary alicyclic amines) is 1. The van der Waals surface area contributed by atoms with Gasteiger partial charge in [-0.2, -0.15) is 0 Å². The van der Waals surface area contributed by atoms with E-state index >= 15 is 0 Å². The Bertz CT molecular complexity index is 749. The first-order valence-electron chi connectivity index (χ1n) is 8.60. The molecule has 4 rings (SSSR count). The van der Waals surface area contributed by atoms with Gasteiger partial charge in [0.2, 0.25) is 0 Å². The topological polar surface area (TPSA) is 53.4 Å². The minimum absolute atomic E-state index is 0.0978. The summed E-state index contributed by atoms with van der Waals surface area (Å²) >= 11 is 1.63. The third kappa shape index (κ3) is 2.66. The van der Waals surface area contributed by atoms with E-state index in [2.05, 4.69) is 4.98 Å². The normalized spacial score (nSPS) is 22.4. The molecule has 1 aromatic carbocycles. The lowest BCUT2D eigenvalue weighted by molar-refractivity contribution is -0.0484. The lowest BCUT2D eigenvalue weighted by atomic mass is 9.69. The average Bonchev–Trinajstić information content (AvgIpc) is 2.99. The van der Waals surface area contributed by atoms with Crippen LogP contribution in [0.4, 0.5) is 0 Å². The highest BCUT2D eigenvalue weighted by molar-refractivity contribution is 7.09. The van der Waals surface area contributed by atoms with Crippen LogP contribution in [0.5, 0.6) is 0 Å². The van der Waals surface area contributed by atoms with Crippen molar-refractivity contribution in [3.05, 3.63) is 40.2 Å². The summed E-state index contributed by atoms with van der Waals surface area (Å²) in [5, 5.41) is 13.1. The zero-order valence-electron chi connectivity index (χ0n) is 13.9. The summed E-state index contributed by atoms with van der Waals surface area (Å²) in [4.78, 5) is 19.5. The van der Waals surface area contributed by atoms with E-state index in [0.29, 0.717) is 13.0 Å². The molecule has 1 atom stereocenters. The minimum atomic E-state index is -0.260. The van der Waals surface area contributed by atoms with Crippen LogP contribution in [-0.4, -0.2) is 39.1 Å². The van der Waals surface area contributed by atoms with Crippen molar-refractivity contribution >= 4 is 17.2 Å². The Kier molecular flexibility index (Phi) is 3.93. The second-order valence-corrected chi connectivity index (χ2v) is 8.07. The molecule has 2 aromatic rings. The van der Waals surface area contributed by atoms with Gasteiger partial charge in [0.25, 0.3) is 5.91 Å². The van der Waals surface area contributed by atoms with E-state index in [1.54, 1.807) is 11.3 Å². The number of carbonyl (C=O) groups is 1. The minimum Gasteiger partial charge on any atom is -0.393 e. The molecule has 1 aromatic heterocycles. The molecule has 1 N–H and O–H groups in total. The molecule has 2 heterocycles. The first-order valence-corrected chi connectivity index (χ1v) is 9.48. The van der Waals surface area contributed by atoms with Crippen LogP contribution in [0.2, 0.25) is 0 Å². The molecule has 1 aliphatic carbocycles. The Balaban J connectivity index is 1.56. The van der Waals surface area contributed by atoms with E-state index in [1.807, 2.05) is 41.5 Å². The van der Waals surface area contributed by atoms with Gasteiger partial charge in [0.05, 0.1) is 16.8 Å². The van der Waals surface area contributed by atoms with E-state index in [4.69, 9.17) is 0 Å². The largest absolute Gasteiger partial charge is 0.393 e. The Morgan fingerprint density at radius 1 is 1.33 bits per heavy atom. The van der Waals surface area contributed by atoms with Crippen LogP contribution in [0.3, 0.4) is 0 Å². The molecule has 1 spiro atoms. The number of hydrogen-bond acceptors (Lipinski definition) is 4. The molecule has 1 unspecified atom stereocenters. The first-order chi connectivity index (χ1) is 11.6. The van der Waals surface area contributed by atoms with E-state index in [0.717, 1.165) is 47.5 Å². The van der Waals surface area contributed by atoms with Crippen molar-refractivity contribution in [2.75, 3.05) is 6.54 Å². The number of carbonyl (C=O) groups excluding carboxylic acids is 1. The Morgan fingerprint density at radius 2 is 2.08 bits per heavy atom. The molecule has 0 bridgehead atoms. The zero-order chi connectivity index (χ0) is 16.7. The number of piperidine rings is 1. The number of aliphatic hydroxyl groups is 1. The van der Waals surface area contributed by atoms with Crippen molar-refractivity contribution in [1.29, 1.82) is 0 Å². The molecule has 1 aliphatic heterocycles. The van der Waals surface area contributed by atoms with Crippen LogP contribution < -0.4 is 0 Å². The predicted molar refractivity (Wildman–Crippen MR) is 95.1 cm³/mol. The lowest BCUT2D eigenvalue weighted by Crippen LogP contribution is -2.61. The predicted octanol–water partition coefficient (Wildman–Crippen LogP) is 3.64. The summed E-state index contributed by atoms with van der Waals surface area (Å²) in [6.45, 7) is 2.65. The monoisotopic (exact) mass is 342 g/mol. The number of aromatic nitrogens is 1. The molecule has 1 amide bonds. The maximum Gasteiger partial charge on any atom is 0.254 e. The van der Waals surface area contributed by atoms with Crippen LogP contribution in [0.15, 0.2) is 29.6 Å². The summed E-state index contributed by atoms with van der Waals surface area (Å²) in [6, 6.07) is 7.77. The van der Waals surface area contributed by atoms with Gasteiger partial charge in [-0.1, -0.05) is 12.1 Å². The van der Waals surface area contributed by atoms with Crippen molar-refractivity contribution in [3.63, 3.8) is 0 Å². The molecule has 5 heteroatoms. The first kappa shape index (κ1) is 15.8. The number of nitrogens with zero attached hydrogens (tertiary/aromatic N) is 2. The summed E-state index contributed by atoms with van der Waals surface area (Å²) in [6.07, 6.45) is 4.35. The van der Waals surface area contributed by atoms with Gasteiger partial charge in [-0.25, -0.2) is 4.98 Å². The fraction of sp³-hybridized carbons (Fsp3) is 0.474. The molecule has 0 radical (unpaired) electrons. The van der Waals surface area contributed by atoms with Crippen LogP contribution in [0.25, 0.3) is 11.3 Å². The Hall–Kier alpha value is -1.72. The standard InChI is InChI=1S/C19H22N2O2S/c1-13-20-17(12-24-13)14-3-5-15(6-4-14)18(23)21-10-7-16(22)11-19(21)8-2-9-19/h3-6,12,16,22H,2,7-11H2,1H3. The number of amides is 1. The third-order valence-electron chi connectivity index (χ3n) is 5.45. The lowest BCUT2D eigenvalue weighted by Gasteiger charge is -2.54. The van der Waals surface area contributed by atoms with Crippen LogP contribution in [0.1, 0.15) is 47.5 Å². The van der Waals surface area contributed by atoms with E-state index in [9.17, 15) is 9.90 Å². The highest BCUT2D eigenvalue weighted by Gasteiger charge is 2.48. The number of thiazole rings is 1. The zero-order valence-corrected chi connectivity index (χ0v) is 14.7. The van der Waals surface area contributed by atoms with Crippen LogP contribution >= 0.6 is 11.3 Å². The van der Waals surface area contributed by atoms with Gasteiger partial charge >= 0.3 is 0 Å². The molecular formula is C19H22N2O2S. The summed E-state index contributed by atoms with van der Waals surface area (Å²) in [5.74, 6) is 0.0996. The quantitative estimate of drug-likeness (QED) is 0.906. The van der Waals surface area contributed by atoms with Gasteiger partial charge in [0.15, 0.2) is 0 Å². The van der Waals surface area contributed by atoms with Gasteiger partial charge in [0.1, 0.15) is 0 Å². The second kappa shape index (κ2) is 5.97. The van der Waals surface area contributed by atoms with Gasteiger partial charge in [-0.15, -0.1) is 11.3 Å². The van der Waals surface area contributed by atoms with Crippen molar-refractivity contribution in [2.45, 2.75) is 50.7 Å². The summed E-state index contributed by atoms with van der Waals surface area (Å²) in [7, 11) is 0. The summed E-state index contributed by atoms with van der Waals surface area (Å²) in [5.41, 5.74) is 2.64. The van der Waals surface area contributed by atoms with Gasteiger partial charge in [-0.3, -0.25) is 4.79 Å². The summed E-state index contributed by atoms with van der Waals surface area (Å²) < 4.78 is 0. The molecule has 2 aliphatic rings. The fourth-order valence-corrected chi connectivity index (χ4v) is 4.60. The highest BCUT2D eigenvalue weighted by Crippen LogP contribution is 2.45. The Morgan fingerprint density at radius 3 is 2.67 bits per heavy atom. The SMILES string of the molecule is Cc1nc(-c2ccc(C(=O)N3CCC(O)CC34CCC4)cc2)cs1.